The third-order valence-corrected chi connectivity index (χ3v) is 3.71. The Morgan fingerprint density at radius 3 is 2.88 bits per heavy atom. The zero-order chi connectivity index (χ0) is 11.6. The van der Waals surface area contributed by atoms with Gasteiger partial charge in [0.2, 0.25) is 0 Å². The number of benzene rings is 1. The summed E-state index contributed by atoms with van der Waals surface area (Å²) >= 11 is 0. The largest absolute Gasteiger partial charge is 0.373 e. The lowest BCUT2D eigenvalue weighted by Crippen LogP contribution is -2.29. The summed E-state index contributed by atoms with van der Waals surface area (Å²) in [6.07, 6.45) is 2.50. The number of para-hydroxylation sites is 1. The van der Waals surface area contributed by atoms with Crippen LogP contribution in [0.25, 0.3) is 0 Å². The van der Waals surface area contributed by atoms with Gasteiger partial charge in [0.05, 0.1) is 0 Å². The minimum atomic E-state index is 0.336. The first-order chi connectivity index (χ1) is 7.67. The Hall–Kier alpha value is -1.02. The smallest absolute Gasteiger partial charge is 0.0402 e. The predicted octanol–water partition coefficient (Wildman–Crippen LogP) is 2.39. The fraction of sp³-hybridized carbons (Fsp3) is 0.571. The summed E-state index contributed by atoms with van der Waals surface area (Å²) in [5, 5.41) is 3.23. The minimum absolute atomic E-state index is 0.336. The Morgan fingerprint density at radius 1 is 1.38 bits per heavy atom. The molecule has 1 aliphatic rings. The number of hydrogen-bond acceptors (Lipinski definition) is 2. The van der Waals surface area contributed by atoms with Crippen molar-refractivity contribution in [3.8, 4) is 0 Å². The van der Waals surface area contributed by atoms with Crippen LogP contribution in [0.4, 0.5) is 5.69 Å². The van der Waals surface area contributed by atoms with E-state index in [2.05, 4.69) is 48.5 Å². The highest BCUT2D eigenvalue weighted by Crippen LogP contribution is 2.42. The molecule has 1 aliphatic heterocycles. The second-order valence-electron chi connectivity index (χ2n) is 5.14. The molecule has 2 nitrogen and oxygen atoms in total. The maximum Gasteiger partial charge on any atom is 0.0402 e. The summed E-state index contributed by atoms with van der Waals surface area (Å²) in [4.78, 5) is 2.38. The molecule has 0 aromatic heterocycles. The predicted molar refractivity (Wildman–Crippen MR) is 70.2 cm³/mol. The molecule has 0 spiro atoms. The molecule has 1 unspecified atom stereocenters. The molecule has 0 saturated heterocycles. The topological polar surface area (TPSA) is 15.3 Å². The van der Waals surface area contributed by atoms with Gasteiger partial charge in [0.15, 0.2) is 0 Å². The maximum atomic E-state index is 3.23. The molecule has 1 N–H and O–H groups in total. The molecule has 1 aromatic carbocycles. The van der Waals surface area contributed by atoms with Crippen LogP contribution in [0.5, 0.6) is 0 Å². The molecule has 1 aromatic rings. The van der Waals surface area contributed by atoms with Gasteiger partial charge in [-0.2, -0.15) is 0 Å². The van der Waals surface area contributed by atoms with Gasteiger partial charge in [-0.1, -0.05) is 25.1 Å². The molecule has 2 rings (SSSR count). The van der Waals surface area contributed by atoms with Crippen LogP contribution in [-0.4, -0.2) is 27.2 Å². The molecule has 0 amide bonds. The third-order valence-electron chi connectivity index (χ3n) is 3.71. The highest BCUT2D eigenvalue weighted by atomic mass is 15.1. The van der Waals surface area contributed by atoms with E-state index in [9.17, 15) is 0 Å². The van der Waals surface area contributed by atoms with Crippen molar-refractivity contribution in [3.63, 3.8) is 0 Å². The summed E-state index contributed by atoms with van der Waals surface area (Å²) in [6, 6.07) is 8.82. The molecule has 0 saturated carbocycles. The van der Waals surface area contributed by atoms with E-state index in [1.54, 1.807) is 0 Å². The summed E-state index contributed by atoms with van der Waals surface area (Å²) in [6.45, 7) is 4.66. The molecule has 16 heavy (non-hydrogen) atoms. The van der Waals surface area contributed by atoms with Crippen molar-refractivity contribution in [2.75, 3.05) is 32.1 Å². The fourth-order valence-electron chi connectivity index (χ4n) is 2.88. The lowest BCUT2D eigenvalue weighted by molar-refractivity contribution is 0.443. The zero-order valence-electron chi connectivity index (χ0n) is 10.6. The second kappa shape index (κ2) is 4.46. The number of nitrogens with zero attached hydrogens (tertiary/aromatic N) is 1. The normalized spacial score (nSPS) is 23.6. The quantitative estimate of drug-likeness (QED) is 0.781. The fourth-order valence-corrected chi connectivity index (χ4v) is 2.88. The summed E-state index contributed by atoms with van der Waals surface area (Å²) < 4.78 is 0. The highest BCUT2D eigenvalue weighted by Gasteiger charge is 2.36. The van der Waals surface area contributed by atoms with Gasteiger partial charge in [-0.3, -0.25) is 0 Å². The molecule has 0 radical (unpaired) electrons. The Morgan fingerprint density at radius 2 is 2.12 bits per heavy atom. The standard InChI is InChI=1S/C14H22N2/c1-14(9-6-10-15-2)11-16(3)13-8-5-4-7-12(13)14/h4-5,7-8,15H,6,9-11H2,1-3H3. The Balaban J connectivity index is 2.18. The molecule has 2 heteroatoms. The molecule has 1 heterocycles. The van der Waals surface area contributed by atoms with E-state index < -0.39 is 0 Å². The van der Waals surface area contributed by atoms with Crippen molar-refractivity contribution in [1.82, 2.24) is 5.32 Å². The summed E-state index contributed by atoms with van der Waals surface area (Å²) in [5.74, 6) is 0. The third kappa shape index (κ3) is 1.94. The number of anilines is 1. The van der Waals surface area contributed by atoms with Crippen molar-refractivity contribution >= 4 is 5.69 Å². The summed E-state index contributed by atoms with van der Waals surface area (Å²) in [5.41, 5.74) is 3.27. The van der Waals surface area contributed by atoms with Crippen molar-refractivity contribution in [2.24, 2.45) is 0 Å². The Kier molecular flexibility index (Phi) is 3.20. The van der Waals surface area contributed by atoms with Crippen LogP contribution in [0.1, 0.15) is 25.3 Å². The van der Waals surface area contributed by atoms with E-state index in [1.165, 1.54) is 24.1 Å². The van der Waals surface area contributed by atoms with Crippen LogP contribution in [0.2, 0.25) is 0 Å². The van der Waals surface area contributed by atoms with Crippen molar-refractivity contribution in [1.29, 1.82) is 0 Å². The van der Waals surface area contributed by atoms with Crippen LogP contribution in [0, 0.1) is 0 Å². The average molecular weight is 218 g/mol. The molecular formula is C14H22N2. The SMILES string of the molecule is CNCCCC1(C)CN(C)c2ccccc21. The number of rotatable bonds is 4. The van der Waals surface area contributed by atoms with Gasteiger partial charge in [0.1, 0.15) is 0 Å². The number of likely N-dealkylation sites (N-methyl/N-ethyl adjacent to an activating group) is 1. The van der Waals surface area contributed by atoms with E-state index in [4.69, 9.17) is 0 Å². The first-order valence-electron chi connectivity index (χ1n) is 6.13. The second-order valence-corrected chi connectivity index (χ2v) is 5.14. The zero-order valence-corrected chi connectivity index (χ0v) is 10.6. The molecule has 0 aliphatic carbocycles. The molecule has 1 atom stereocenters. The van der Waals surface area contributed by atoms with E-state index in [0.717, 1.165) is 13.1 Å². The monoisotopic (exact) mass is 218 g/mol. The minimum Gasteiger partial charge on any atom is -0.373 e. The van der Waals surface area contributed by atoms with Gasteiger partial charge < -0.3 is 10.2 Å². The molecular weight excluding hydrogens is 196 g/mol. The first kappa shape index (κ1) is 11.5. The van der Waals surface area contributed by atoms with Gasteiger partial charge in [0.25, 0.3) is 0 Å². The Bertz CT molecular complexity index is 362. The maximum absolute atomic E-state index is 3.23. The lowest BCUT2D eigenvalue weighted by Gasteiger charge is -2.25. The van der Waals surface area contributed by atoms with Gasteiger partial charge in [-0.05, 0) is 38.1 Å². The molecule has 0 bridgehead atoms. The van der Waals surface area contributed by atoms with E-state index >= 15 is 0 Å². The lowest BCUT2D eigenvalue weighted by atomic mass is 9.80. The number of hydrogen-bond donors (Lipinski definition) is 1. The van der Waals surface area contributed by atoms with Gasteiger partial charge >= 0.3 is 0 Å². The van der Waals surface area contributed by atoms with Crippen LogP contribution in [0.15, 0.2) is 24.3 Å². The number of nitrogens with one attached hydrogen (secondary N) is 1. The highest BCUT2D eigenvalue weighted by molar-refractivity contribution is 5.61. The van der Waals surface area contributed by atoms with Crippen molar-refractivity contribution in [3.05, 3.63) is 29.8 Å². The summed E-state index contributed by atoms with van der Waals surface area (Å²) in [7, 11) is 4.22. The van der Waals surface area contributed by atoms with E-state index in [0.29, 0.717) is 5.41 Å². The van der Waals surface area contributed by atoms with Crippen LogP contribution in [-0.2, 0) is 5.41 Å². The molecule has 0 fully saturated rings. The van der Waals surface area contributed by atoms with E-state index in [1.807, 2.05) is 7.05 Å². The van der Waals surface area contributed by atoms with Gasteiger partial charge in [-0.25, -0.2) is 0 Å². The Labute approximate surface area is 98.7 Å². The number of fused-ring (bicyclic) bond motifs is 1. The van der Waals surface area contributed by atoms with Gasteiger partial charge in [-0.15, -0.1) is 0 Å². The van der Waals surface area contributed by atoms with Crippen molar-refractivity contribution in [2.45, 2.75) is 25.2 Å². The van der Waals surface area contributed by atoms with Crippen LogP contribution in [0.3, 0.4) is 0 Å². The van der Waals surface area contributed by atoms with Crippen LogP contribution >= 0.6 is 0 Å². The van der Waals surface area contributed by atoms with Gasteiger partial charge in [0, 0.05) is 24.7 Å². The van der Waals surface area contributed by atoms with E-state index in [-0.39, 0.29) is 0 Å². The van der Waals surface area contributed by atoms with Crippen molar-refractivity contribution < 1.29 is 0 Å². The first-order valence-corrected chi connectivity index (χ1v) is 6.13. The van der Waals surface area contributed by atoms with Crippen LogP contribution < -0.4 is 10.2 Å². The molecule has 88 valence electrons. The average Bonchev–Trinajstić information content (AvgIpc) is 2.53.